The van der Waals surface area contributed by atoms with Crippen molar-refractivity contribution in [2.45, 2.75) is 36.3 Å². The Kier molecular flexibility index (Phi) is 5.05. The van der Waals surface area contributed by atoms with Crippen molar-refractivity contribution >= 4 is 34.0 Å². The van der Waals surface area contributed by atoms with E-state index in [4.69, 9.17) is 17.3 Å². The van der Waals surface area contributed by atoms with E-state index in [9.17, 15) is 9.00 Å². The molecule has 2 N–H and O–H groups in total. The van der Waals surface area contributed by atoms with Gasteiger partial charge in [0, 0.05) is 18.8 Å². The maximum absolute atomic E-state index is 12.5. The second-order valence-electron chi connectivity index (χ2n) is 5.02. The van der Waals surface area contributed by atoms with Crippen LogP contribution in [0.5, 0.6) is 0 Å². The van der Waals surface area contributed by atoms with Crippen LogP contribution in [-0.2, 0) is 15.6 Å². The van der Waals surface area contributed by atoms with Gasteiger partial charge < -0.3 is 10.6 Å². The van der Waals surface area contributed by atoms with Gasteiger partial charge in [-0.3, -0.25) is 9.00 Å². The molecular formula is C14H19ClN2O2S. The van der Waals surface area contributed by atoms with Crippen molar-refractivity contribution < 1.29 is 9.00 Å². The molecule has 1 saturated heterocycles. The van der Waals surface area contributed by atoms with Crippen molar-refractivity contribution in [3.8, 4) is 0 Å². The fourth-order valence-corrected chi connectivity index (χ4v) is 3.90. The lowest BCUT2D eigenvalue weighted by Crippen LogP contribution is -2.42. The van der Waals surface area contributed by atoms with Gasteiger partial charge in [-0.25, -0.2) is 0 Å². The Morgan fingerprint density at radius 1 is 1.35 bits per heavy atom. The lowest BCUT2D eigenvalue weighted by molar-refractivity contribution is -0.131. The van der Waals surface area contributed by atoms with E-state index in [0.29, 0.717) is 15.6 Å². The first-order valence-corrected chi connectivity index (χ1v) is 8.34. The molecular weight excluding hydrogens is 296 g/mol. The van der Waals surface area contributed by atoms with Crippen LogP contribution < -0.4 is 5.73 Å². The molecule has 2 atom stereocenters. The fourth-order valence-electron chi connectivity index (χ4n) is 2.33. The monoisotopic (exact) mass is 314 g/mol. The molecule has 0 radical (unpaired) electrons. The zero-order chi connectivity index (χ0) is 14.7. The lowest BCUT2D eigenvalue weighted by atomic mass is 10.1. The summed E-state index contributed by atoms with van der Waals surface area (Å²) in [7, 11) is -1.48. The topological polar surface area (TPSA) is 63.4 Å². The molecule has 1 heterocycles. The number of carbonyl (C=O) groups is 1. The van der Waals surface area contributed by atoms with Gasteiger partial charge in [-0.1, -0.05) is 11.6 Å². The molecule has 0 spiro atoms. The average Bonchev–Trinajstić information content (AvgIpc) is 2.48. The first-order chi connectivity index (χ1) is 9.50. The standard InChI is InChI=1S/C14H19ClN2O2S/c1-10(14(18)17-7-3-2-4-8-17)20(19)13-9-11(16)5-6-12(13)15/h5-6,9-10H,2-4,7-8,16H2,1H3. The van der Waals surface area contributed by atoms with E-state index < -0.39 is 16.0 Å². The van der Waals surface area contributed by atoms with Gasteiger partial charge >= 0.3 is 0 Å². The molecule has 0 aromatic heterocycles. The van der Waals surface area contributed by atoms with Crippen molar-refractivity contribution in [1.29, 1.82) is 0 Å². The Labute approximate surface area is 126 Å². The summed E-state index contributed by atoms with van der Waals surface area (Å²) in [5, 5.41) is -0.219. The maximum atomic E-state index is 12.5. The number of benzene rings is 1. The third-order valence-corrected chi connectivity index (χ3v) is 5.57. The molecule has 2 unspecified atom stereocenters. The van der Waals surface area contributed by atoms with E-state index in [-0.39, 0.29) is 5.91 Å². The number of anilines is 1. The highest BCUT2D eigenvalue weighted by Gasteiger charge is 2.28. The predicted molar refractivity (Wildman–Crippen MR) is 82.2 cm³/mol. The SMILES string of the molecule is CC(C(=O)N1CCCCC1)S(=O)c1cc(N)ccc1Cl. The van der Waals surface area contributed by atoms with Crippen molar-refractivity contribution in [2.75, 3.05) is 18.8 Å². The van der Waals surface area contributed by atoms with Gasteiger partial charge in [-0.05, 0) is 44.4 Å². The quantitative estimate of drug-likeness (QED) is 0.872. The van der Waals surface area contributed by atoms with Crippen molar-refractivity contribution in [2.24, 2.45) is 0 Å². The number of carbonyl (C=O) groups excluding carboxylic acids is 1. The Balaban J connectivity index is 2.15. The molecule has 1 aromatic carbocycles. The molecule has 2 rings (SSSR count). The number of piperidine rings is 1. The largest absolute Gasteiger partial charge is 0.399 e. The van der Waals surface area contributed by atoms with Crippen LogP contribution in [0.4, 0.5) is 5.69 Å². The maximum Gasteiger partial charge on any atom is 0.238 e. The summed E-state index contributed by atoms with van der Waals surface area (Å²) in [6.45, 7) is 3.20. The molecule has 4 nitrogen and oxygen atoms in total. The van der Waals surface area contributed by atoms with E-state index >= 15 is 0 Å². The summed E-state index contributed by atoms with van der Waals surface area (Å²) in [6, 6.07) is 4.85. The Bertz CT molecular complexity index is 530. The van der Waals surface area contributed by atoms with Gasteiger partial charge in [0.2, 0.25) is 5.91 Å². The molecule has 1 amide bonds. The van der Waals surface area contributed by atoms with Crippen LogP contribution in [0.2, 0.25) is 5.02 Å². The van der Waals surface area contributed by atoms with E-state index in [1.54, 1.807) is 30.0 Å². The fraction of sp³-hybridized carbons (Fsp3) is 0.500. The molecule has 0 bridgehead atoms. The molecule has 1 aliphatic heterocycles. The summed E-state index contributed by atoms with van der Waals surface area (Å²) in [5.41, 5.74) is 6.19. The van der Waals surface area contributed by atoms with Gasteiger partial charge in [-0.2, -0.15) is 0 Å². The summed E-state index contributed by atoms with van der Waals surface area (Å²) >= 11 is 6.05. The number of halogens is 1. The number of nitrogens with two attached hydrogens (primary N) is 1. The predicted octanol–water partition coefficient (Wildman–Crippen LogP) is 2.43. The third-order valence-electron chi connectivity index (χ3n) is 3.51. The van der Waals surface area contributed by atoms with Crippen LogP contribution in [-0.4, -0.2) is 33.4 Å². The Hall–Kier alpha value is -1.07. The van der Waals surface area contributed by atoms with Gasteiger partial charge in [0.15, 0.2) is 0 Å². The van der Waals surface area contributed by atoms with Crippen LogP contribution in [0.3, 0.4) is 0 Å². The first-order valence-electron chi connectivity index (χ1n) is 6.75. The lowest BCUT2D eigenvalue weighted by Gasteiger charge is -2.29. The number of nitrogens with zero attached hydrogens (tertiary/aromatic N) is 1. The van der Waals surface area contributed by atoms with Gasteiger partial charge in [0.25, 0.3) is 0 Å². The molecule has 1 aromatic rings. The summed E-state index contributed by atoms with van der Waals surface area (Å²) < 4.78 is 12.5. The Morgan fingerprint density at radius 3 is 2.65 bits per heavy atom. The van der Waals surface area contributed by atoms with Crippen molar-refractivity contribution in [3.05, 3.63) is 23.2 Å². The minimum absolute atomic E-state index is 0.0680. The average molecular weight is 315 g/mol. The number of amides is 1. The molecule has 0 aliphatic carbocycles. The van der Waals surface area contributed by atoms with E-state index in [1.807, 2.05) is 0 Å². The molecule has 0 saturated carbocycles. The first kappa shape index (κ1) is 15.3. The van der Waals surface area contributed by atoms with E-state index in [1.165, 1.54) is 0 Å². The zero-order valence-electron chi connectivity index (χ0n) is 11.5. The van der Waals surface area contributed by atoms with Gasteiger partial charge in [0.1, 0.15) is 5.25 Å². The molecule has 1 fully saturated rings. The Morgan fingerprint density at radius 2 is 2.00 bits per heavy atom. The van der Waals surface area contributed by atoms with Crippen LogP contribution in [0.25, 0.3) is 0 Å². The minimum atomic E-state index is -1.48. The highest BCUT2D eigenvalue weighted by Crippen LogP contribution is 2.25. The van der Waals surface area contributed by atoms with Crippen LogP contribution in [0.15, 0.2) is 23.1 Å². The third kappa shape index (κ3) is 3.33. The van der Waals surface area contributed by atoms with E-state index in [0.717, 1.165) is 32.4 Å². The molecule has 1 aliphatic rings. The number of hydrogen-bond donors (Lipinski definition) is 1. The highest BCUT2D eigenvalue weighted by atomic mass is 35.5. The second-order valence-corrected chi connectivity index (χ2v) is 7.16. The summed E-state index contributed by atoms with van der Waals surface area (Å²) in [6.07, 6.45) is 3.19. The van der Waals surface area contributed by atoms with Crippen LogP contribution >= 0.6 is 11.6 Å². The number of likely N-dealkylation sites (tertiary alicyclic amines) is 1. The van der Waals surface area contributed by atoms with Crippen LogP contribution in [0.1, 0.15) is 26.2 Å². The smallest absolute Gasteiger partial charge is 0.238 e. The van der Waals surface area contributed by atoms with Crippen molar-refractivity contribution in [3.63, 3.8) is 0 Å². The van der Waals surface area contributed by atoms with Crippen LogP contribution in [0, 0.1) is 0 Å². The van der Waals surface area contributed by atoms with Gasteiger partial charge in [-0.15, -0.1) is 0 Å². The number of nitrogen functional groups attached to an aromatic ring is 1. The molecule has 110 valence electrons. The normalized spacial score (nSPS) is 18.6. The van der Waals surface area contributed by atoms with E-state index in [2.05, 4.69) is 0 Å². The van der Waals surface area contributed by atoms with Gasteiger partial charge in [0.05, 0.1) is 20.7 Å². The minimum Gasteiger partial charge on any atom is -0.399 e. The molecule has 20 heavy (non-hydrogen) atoms. The number of rotatable bonds is 3. The zero-order valence-corrected chi connectivity index (χ0v) is 13.0. The number of hydrogen-bond acceptors (Lipinski definition) is 3. The second kappa shape index (κ2) is 6.59. The molecule has 6 heteroatoms. The summed E-state index contributed by atoms with van der Waals surface area (Å²) in [5.74, 6) is -0.0680. The highest BCUT2D eigenvalue weighted by molar-refractivity contribution is 7.86. The van der Waals surface area contributed by atoms with Crippen molar-refractivity contribution in [1.82, 2.24) is 4.90 Å². The summed E-state index contributed by atoms with van der Waals surface area (Å²) in [4.78, 5) is 14.6.